The molecule has 1 atom stereocenters. The molecule has 4 nitrogen and oxygen atoms in total. The monoisotopic (exact) mass is 230 g/mol. The number of aryl methyl sites for hydroxylation is 1. The van der Waals surface area contributed by atoms with Crippen LogP contribution >= 0.6 is 0 Å². The summed E-state index contributed by atoms with van der Waals surface area (Å²) in [6.45, 7) is 5.24. The number of hydrogen-bond acceptors (Lipinski definition) is 3. The molecule has 0 radical (unpaired) electrons. The normalized spacial score (nSPS) is 17.5. The van der Waals surface area contributed by atoms with Crippen LogP contribution in [0.1, 0.15) is 25.3 Å². The topological polar surface area (TPSA) is 56.7 Å². The van der Waals surface area contributed by atoms with E-state index in [1.807, 2.05) is 19.2 Å². The molecule has 1 unspecified atom stereocenters. The molecule has 3 rings (SSSR count). The van der Waals surface area contributed by atoms with Gasteiger partial charge in [-0.25, -0.2) is 9.97 Å². The van der Waals surface area contributed by atoms with E-state index >= 15 is 0 Å². The zero-order valence-corrected chi connectivity index (χ0v) is 10.3. The van der Waals surface area contributed by atoms with Crippen LogP contribution in [0.25, 0.3) is 11.2 Å². The standard InChI is InChI=1S/C13H18N4/c1-8-5-11-12(15-6-8)17(13(14)16-11)7-9(2)10-3-4-10/h5-6,9-10H,3-4,7H2,1-2H3,(H2,14,16). The second kappa shape index (κ2) is 3.72. The van der Waals surface area contributed by atoms with Crippen LogP contribution in [0, 0.1) is 18.8 Å². The van der Waals surface area contributed by atoms with Crippen molar-refractivity contribution in [3.63, 3.8) is 0 Å². The van der Waals surface area contributed by atoms with Gasteiger partial charge in [-0.1, -0.05) is 6.92 Å². The number of aromatic nitrogens is 3. The molecule has 0 aliphatic heterocycles. The number of nitrogen functional groups attached to an aromatic ring is 1. The number of fused-ring (bicyclic) bond motifs is 1. The van der Waals surface area contributed by atoms with E-state index in [-0.39, 0.29) is 0 Å². The van der Waals surface area contributed by atoms with Crippen molar-refractivity contribution >= 4 is 17.1 Å². The van der Waals surface area contributed by atoms with E-state index in [2.05, 4.69) is 21.5 Å². The zero-order chi connectivity index (χ0) is 12.0. The van der Waals surface area contributed by atoms with Gasteiger partial charge >= 0.3 is 0 Å². The highest BCUT2D eigenvalue weighted by Gasteiger charge is 2.28. The molecule has 1 aliphatic rings. The number of rotatable bonds is 3. The third kappa shape index (κ3) is 1.88. The van der Waals surface area contributed by atoms with Gasteiger partial charge in [0, 0.05) is 12.7 Å². The average Bonchev–Trinajstić information content (AvgIpc) is 3.06. The second-order valence-corrected chi connectivity index (χ2v) is 5.25. The Morgan fingerprint density at radius 2 is 2.29 bits per heavy atom. The van der Waals surface area contributed by atoms with Crippen LogP contribution < -0.4 is 5.73 Å². The van der Waals surface area contributed by atoms with Gasteiger partial charge in [0.15, 0.2) is 5.65 Å². The highest BCUT2D eigenvalue weighted by molar-refractivity contribution is 5.74. The quantitative estimate of drug-likeness (QED) is 0.880. The summed E-state index contributed by atoms with van der Waals surface area (Å²) < 4.78 is 2.05. The molecule has 0 spiro atoms. The first-order valence-electron chi connectivity index (χ1n) is 6.23. The lowest BCUT2D eigenvalue weighted by Crippen LogP contribution is -2.12. The molecule has 1 saturated carbocycles. The molecule has 0 bridgehead atoms. The fourth-order valence-electron chi connectivity index (χ4n) is 2.41. The van der Waals surface area contributed by atoms with Crippen LogP contribution in [0.4, 0.5) is 5.95 Å². The number of anilines is 1. The highest BCUT2D eigenvalue weighted by atomic mass is 15.2. The van der Waals surface area contributed by atoms with Crippen molar-refractivity contribution in [2.24, 2.45) is 11.8 Å². The predicted octanol–water partition coefficient (Wildman–Crippen LogP) is 2.37. The van der Waals surface area contributed by atoms with Crippen molar-refractivity contribution in [3.05, 3.63) is 17.8 Å². The lowest BCUT2D eigenvalue weighted by molar-refractivity contribution is 0.438. The molecule has 2 N–H and O–H groups in total. The molecule has 90 valence electrons. The van der Waals surface area contributed by atoms with E-state index < -0.39 is 0 Å². The molecule has 2 heterocycles. The molecule has 2 aromatic rings. The summed E-state index contributed by atoms with van der Waals surface area (Å²) in [7, 11) is 0. The van der Waals surface area contributed by atoms with Gasteiger partial charge in [0.2, 0.25) is 5.95 Å². The van der Waals surface area contributed by atoms with Crippen molar-refractivity contribution in [2.45, 2.75) is 33.2 Å². The minimum atomic E-state index is 0.589. The van der Waals surface area contributed by atoms with E-state index in [1.165, 1.54) is 12.8 Å². The Morgan fingerprint density at radius 1 is 1.53 bits per heavy atom. The minimum Gasteiger partial charge on any atom is -0.369 e. The van der Waals surface area contributed by atoms with Gasteiger partial charge in [-0.05, 0) is 43.2 Å². The van der Waals surface area contributed by atoms with Crippen LogP contribution in [0.15, 0.2) is 12.3 Å². The second-order valence-electron chi connectivity index (χ2n) is 5.25. The Kier molecular flexibility index (Phi) is 2.31. The molecule has 0 amide bonds. The molecule has 2 aromatic heterocycles. The van der Waals surface area contributed by atoms with Crippen molar-refractivity contribution in [1.29, 1.82) is 0 Å². The van der Waals surface area contributed by atoms with Gasteiger partial charge in [0.1, 0.15) is 5.52 Å². The van der Waals surface area contributed by atoms with E-state index in [4.69, 9.17) is 5.73 Å². The number of imidazole rings is 1. The van der Waals surface area contributed by atoms with Gasteiger partial charge in [0.25, 0.3) is 0 Å². The summed E-state index contributed by atoms with van der Waals surface area (Å²) in [6.07, 6.45) is 4.60. The molecule has 17 heavy (non-hydrogen) atoms. The Hall–Kier alpha value is -1.58. The van der Waals surface area contributed by atoms with Gasteiger partial charge in [-0.2, -0.15) is 0 Å². The third-order valence-electron chi connectivity index (χ3n) is 3.65. The number of nitrogens with two attached hydrogens (primary N) is 1. The van der Waals surface area contributed by atoms with Gasteiger partial charge < -0.3 is 5.73 Å². The first-order chi connectivity index (χ1) is 8.15. The Bertz CT molecular complexity index is 554. The Balaban J connectivity index is 1.99. The number of hydrogen-bond donors (Lipinski definition) is 1. The number of pyridine rings is 1. The maximum atomic E-state index is 5.98. The maximum Gasteiger partial charge on any atom is 0.202 e. The van der Waals surface area contributed by atoms with E-state index in [9.17, 15) is 0 Å². The first kappa shape index (κ1) is 10.6. The smallest absolute Gasteiger partial charge is 0.202 e. The molecule has 1 aliphatic carbocycles. The highest BCUT2D eigenvalue weighted by Crippen LogP contribution is 2.37. The molecular formula is C13H18N4. The van der Waals surface area contributed by atoms with Crippen LogP contribution in [0.2, 0.25) is 0 Å². The largest absolute Gasteiger partial charge is 0.369 e. The molecule has 1 fully saturated rings. The van der Waals surface area contributed by atoms with Crippen molar-refractivity contribution < 1.29 is 0 Å². The lowest BCUT2D eigenvalue weighted by atomic mass is 10.1. The SMILES string of the molecule is Cc1cnc2c(c1)nc(N)n2CC(C)C1CC1. The average molecular weight is 230 g/mol. The molecular weight excluding hydrogens is 212 g/mol. The lowest BCUT2D eigenvalue weighted by Gasteiger charge is -2.12. The van der Waals surface area contributed by atoms with Crippen LogP contribution in [0.5, 0.6) is 0 Å². The summed E-state index contributed by atoms with van der Waals surface area (Å²) >= 11 is 0. The predicted molar refractivity (Wildman–Crippen MR) is 68.6 cm³/mol. The van der Waals surface area contributed by atoms with E-state index in [1.54, 1.807) is 0 Å². The van der Waals surface area contributed by atoms with E-state index in [0.717, 1.165) is 29.2 Å². The molecule has 0 saturated heterocycles. The first-order valence-corrected chi connectivity index (χ1v) is 6.23. The van der Waals surface area contributed by atoms with Crippen LogP contribution in [0.3, 0.4) is 0 Å². The fraction of sp³-hybridized carbons (Fsp3) is 0.538. The summed E-state index contributed by atoms with van der Waals surface area (Å²) in [5, 5.41) is 0. The van der Waals surface area contributed by atoms with Crippen LogP contribution in [-0.2, 0) is 6.54 Å². The summed E-state index contributed by atoms with van der Waals surface area (Å²) in [5.74, 6) is 2.13. The maximum absolute atomic E-state index is 5.98. The Morgan fingerprint density at radius 3 is 3.00 bits per heavy atom. The summed E-state index contributed by atoms with van der Waals surface area (Å²) in [6, 6.07) is 2.04. The fourth-order valence-corrected chi connectivity index (χ4v) is 2.41. The number of nitrogens with zero attached hydrogens (tertiary/aromatic N) is 3. The molecule has 0 aromatic carbocycles. The van der Waals surface area contributed by atoms with Gasteiger partial charge in [-0.15, -0.1) is 0 Å². The summed E-state index contributed by atoms with van der Waals surface area (Å²) in [4.78, 5) is 8.84. The van der Waals surface area contributed by atoms with Crippen LogP contribution in [-0.4, -0.2) is 14.5 Å². The zero-order valence-electron chi connectivity index (χ0n) is 10.3. The third-order valence-corrected chi connectivity index (χ3v) is 3.65. The van der Waals surface area contributed by atoms with Gasteiger partial charge in [-0.3, -0.25) is 4.57 Å². The molecule has 4 heteroatoms. The van der Waals surface area contributed by atoms with Crippen molar-refractivity contribution in [1.82, 2.24) is 14.5 Å². The van der Waals surface area contributed by atoms with Crippen molar-refractivity contribution in [2.75, 3.05) is 5.73 Å². The van der Waals surface area contributed by atoms with Crippen molar-refractivity contribution in [3.8, 4) is 0 Å². The van der Waals surface area contributed by atoms with E-state index in [0.29, 0.717) is 11.9 Å². The summed E-state index contributed by atoms with van der Waals surface area (Å²) in [5.41, 5.74) is 8.93. The minimum absolute atomic E-state index is 0.589. The van der Waals surface area contributed by atoms with Gasteiger partial charge in [0.05, 0.1) is 0 Å². The Labute approximate surface area is 101 Å².